The van der Waals surface area contributed by atoms with E-state index in [9.17, 15) is 4.79 Å². The lowest BCUT2D eigenvalue weighted by molar-refractivity contribution is 0.171. The van der Waals surface area contributed by atoms with Crippen LogP contribution in [-0.4, -0.2) is 24.2 Å². The molecule has 0 fully saturated rings. The summed E-state index contributed by atoms with van der Waals surface area (Å²) in [6, 6.07) is 8.66. The largest absolute Gasteiger partial charge is 0.486 e. The Labute approximate surface area is 128 Å². The molecule has 1 atom stereocenters. The molecule has 6 nitrogen and oxygen atoms in total. The van der Waals surface area contributed by atoms with E-state index in [1.807, 2.05) is 19.1 Å². The van der Waals surface area contributed by atoms with E-state index in [1.165, 1.54) is 0 Å². The van der Waals surface area contributed by atoms with Crippen molar-refractivity contribution in [3.8, 4) is 11.5 Å². The lowest BCUT2D eigenvalue weighted by atomic mass is 10.1. The number of urea groups is 1. The molecule has 2 amide bonds. The van der Waals surface area contributed by atoms with E-state index in [1.54, 1.807) is 30.6 Å². The molecule has 0 spiro atoms. The monoisotopic (exact) mass is 299 g/mol. The van der Waals surface area contributed by atoms with Crippen molar-refractivity contribution >= 4 is 11.7 Å². The van der Waals surface area contributed by atoms with Gasteiger partial charge in [0.25, 0.3) is 0 Å². The highest BCUT2D eigenvalue weighted by Gasteiger charge is 2.14. The Morgan fingerprint density at radius 3 is 2.82 bits per heavy atom. The lowest BCUT2D eigenvalue weighted by Gasteiger charge is -2.19. The number of ether oxygens (including phenoxy) is 2. The van der Waals surface area contributed by atoms with Gasteiger partial charge in [-0.2, -0.15) is 0 Å². The van der Waals surface area contributed by atoms with Crippen LogP contribution in [0.3, 0.4) is 0 Å². The normalized spacial score (nSPS) is 14.0. The zero-order chi connectivity index (χ0) is 15.4. The number of benzene rings is 1. The molecule has 1 aliphatic heterocycles. The lowest BCUT2D eigenvalue weighted by Crippen LogP contribution is -2.31. The third-order valence-electron chi connectivity index (χ3n) is 3.33. The Kier molecular flexibility index (Phi) is 4.09. The van der Waals surface area contributed by atoms with Crippen LogP contribution in [0.25, 0.3) is 0 Å². The van der Waals surface area contributed by atoms with Crippen molar-refractivity contribution in [3.63, 3.8) is 0 Å². The molecule has 1 aliphatic rings. The van der Waals surface area contributed by atoms with Gasteiger partial charge in [0.05, 0.1) is 6.04 Å². The van der Waals surface area contributed by atoms with Gasteiger partial charge in [-0.3, -0.25) is 4.98 Å². The molecule has 1 aromatic heterocycles. The SMILES string of the molecule is C[C@H](NC(=O)Nc1ccc2c(c1)OCCO2)c1cccnc1. The van der Waals surface area contributed by atoms with Gasteiger partial charge < -0.3 is 20.1 Å². The number of hydrogen-bond donors (Lipinski definition) is 2. The van der Waals surface area contributed by atoms with Gasteiger partial charge in [0.1, 0.15) is 13.2 Å². The first-order chi connectivity index (χ1) is 10.7. The van der Waals surface area contributed by atoms with Crippen LogP contribution in [0, 0.1) is 0 Å². The molecule has 114 valence electrons. The van der Waals surface area contributed by atoms with E-state index in [2.05, 4.69) is 15.6 Å². The molecule has 6 heteroatoms. The van der Waals surface area contributed by atoms with Gasteiger partial charge in [0.15, 0.2) is 11.5 Å². The van der Waals surface area contributed by atoms with E-state index in [-0.39, 0.29) is 12.1 Å². The van der Waals surface area contributed by atoms with Gasteiger partial charge in [-0.15, -0.1) is 0 Å². The molecule has 3 rings (SSSR count). The third kappa shape index (κ3) is 3.28. The highest BCUT2D eigenvalue weighted by Crippen LogP contribution is 2.32. The minimum absolute atomic E-state index is 0.133. The first kappa shape index (κ1) is 14.2. The van der Waals surface area contributed by atoms with Crippen molar-refractivity contribution < 1.29 is 14.3 Å². The van der Waals surface area contributed by atoms with Crippen molar-refractivity contribution in [2.75, 3.05) is 18.5 Å². The maximum Gasteiger partial charge on any atom is 0.319 e. The average molecular weight is 299 g/mol. The summed E-state index contributed by atoms with van der Waals surface area (Å²) < 4.78 is 10.9. The molecule has 0 aliphatic carbocycles. The number of anilines is 1. The van der Waals surface area contributed by atoms with Gasteiger partial charge in [0.2, 0.25) is 0 Å². The summed E-state index contributed by atoms with van der Waals surface area (Å²) in [6.45, 7) is 2.96. The Morgan fingerprint density at radius 1 is 1.23 bits per heavy atom. The number of pyridine rings is 1. The van der Waals surface area contributed by atoms with Crippen molar-refractivity contribution in [2.24, 2.45) is 0 Å². The molecule has 0 unspecified atom stereocenters. The first-order valence-electron chi connectivity index (χ1n) is 7.09. The fraction of sp³-hybridized carbons (Fsp3) is 0.250. The second-order valence-corrected chi connectivity index (χ2v) is 4.96. The van der Waals surface area contributed by atoms with Crippen LogP contribution in [0.5, 0.6) is 11.5 Å². The molecule has 22 heavy (non-hydrogen) atoms. The number of nitrogens with zero attached hydrogens (tertiary/aromatic N) is 1. The van der Waals surface area contributed by atoms with E-state index < -0.39 is 0 Å². The number of carbonyl (C=O) groups is 1. The maximum atomic E-state index is 12.0. The molecular weight excluding hydrogens is 282 g/mol. The van der Waals surface area contributed by atoms with Crippen molar-refractivity contribution in [1.29, 1.82) is 0 Å². The molecule has 0 bridgehead atoms. The van der Waals surface area contributed by atoms with Gasteiger partial charge in [-0.05, 0) is 30.7 Å². The van der Waals surface area contributed by atoms with Crippen molar-refractivity contribution in [3.05, 3.63) is 48.3 Å². The van der Waals surface area contributed by atoms with E-state index >= 15 is 0 Å². The van der Waals surface area contributed by atoms with E-state index in [0.717, 1.165) is 5.56 Å². The zero-order valence-corrected chi connectivity index (χ0v) is 12.2. The summed E-state index contributed by atoms with van der Waals surface area (Å²) in [6.07, 6.45) is 3.43. The molecule has 1 aromatic carbocycles. The van der Waals surface area contributed by atoms with Crippen LogP contribution in [0.1, 0.15) is 18.5 Å². The summed E-state index contributed by atoms with van der Waals surface area (Å²) in [5.74, 6) is 1.34. The summed E-state index contributed by atoms with van der Waals surface area (Å²) in [5.41, 5.74) is 1.60. The fourth-order valence-corrected chi connectivity index (χ4v) is 2.20. The minimum Gasteiger partial charge on any atom is -0.486 e. The van der Waals surface area contributed by atoms with Crippen LogP contribution in [0.4, 0.5) is 10.5 Å². The van der Waals surface area contributed by atoms with E-state index in [4.69, 9.17) is 9.47 Å². The minimum atomic E-state index is -0.284. The van der Waals surface area contributed by atoms with Crippen LogP contribution >= 0.6 is 0 Å². The Morgan fingerprint density at radius 2 is 2.05 bits per heavy atom. The second-order valence-electron chi connectivity index (χ2n) is 4.96. The molecule has 2 heterocycles. The number of fused-ring (bicyclic) bond motifs is 1. The summed E-state index contributed by atoms with van der Waals surface area (Å²) in [5, 5.41) is 5.65. The molecular formula is C16H17N3O3. The number of rotatable bonds is 3. The van der Waals surface area contributed by atoms with Crippen molar-refractivity contribution in [1.82, 2.24) is 10.3 Å². The standard InChI is InChI=1S/C16H17N3O3/c1-11(12-3-2-6-17-10-12)18-16(20)19-13-4-5-14-15(9-13)22-8-7-21-14/h2-6,9-11H,7-8H2,1H3,(H2,18,19,20)/t11-/m0/s1. The number of nitrogens with one attached hydrogen (secondary N) is 2. The predicted octanol–water partition coefficient (Wildman–Crippen LogP) is 2.74. The average Bonchev–Trinajstić information content (AvgIpc) is 2.55. The Hall–Kier alpha value is -2.76. The zero-order valence-electron chi connectivity index (χ0n) is 12.2. The van der Waals surface area contributed by atoms with Gasteiger partial charge >= 0.3 is 6.03 Å². The first-order valence-corrected chi connectivity index (χ1v) is 7.09. The molecule has 0 radical (unpaired) electrons. The number of amides is 2. The van der Waals surface area contributed by atoms with Crippen LogP contribution in [0.15, 0.2) is 42.7 Å². The fourth-order valence-electron chi connectivity index (χ4n) is 2.20. The number of aromatic nitrogens is 1. The molecule has 0 saturated carbocycles. The maximum absolute atomic E-state index is 12.0. The number of hydrogen-bond acceptors (Lipinski definition) is 4. The Balaban J connectivity index is 1.62. The topological polar surface area (TPSA) is 72.5 Å². The molecule has 2 aromatic rings. The van der Waals surface area contributed by atoms with Gasteiger partial charge in [-0.25, -0.2) is 4.79 Å². The highest BCUT2D eigenvalue weighted by atomic mass is 16.6. The molecule has 2 N–H and O–H groups in total. The van der Waals surface area contributed by atoms with E-state index in [0.29, 0.717) is 30.4 Å². The summed E-state index contributed by atoms with van der Waals surface area (Å²) in [7, 11) is 0. The molecule has 0 saturated heterocycles. The van der Waals surface area contributed by atoms with Crippen LogP contribution in [-0.2, 0) is 0 Å². The summed E-state index contributed by atoms with van der Waals surface area (Å²) in [4.78, 5) is 16.1. The van der Waals surface area contributed by atoms with Crippen LogP contribution < -0.4 is 20.1 Å². The predicted molar refractivity (Wildman–Crippen MR) is 82.2 cm³/mol. The van der Waals surface area contributed by atoms with Gasteiger partial charge in [0, 0.05) is 24.1 Å². The smallest absolute Gasteiger partial charge is 0.319 e. The van der Waals surface area contributed by atoms with Gasteiger partial charge in [-0.1, -0.05) is 6.07 Å². The highest BCUT2D eigenvalue weighted by molar-refractivity contribution is 5.89. The summed E-state index contributed by atoms with van der Waals surface area (Å²) >= 11 is 0. The van der Waals surface area contributed by atoms with Crippen molar-refractivity contribution in [2.45, 2.75) is 13.0 Å². The quantitative estimate of drug-likeness (QED) is 0.914. The Bertz CT molecular complexity index is 661. The van der Waals surface area contributed by atoms with Crippen LogP contribution in [0.2, 0.25) is 0 Å². The second kappa shape index (κ2) is 6.34. The third-order valence-corrected chi connectivity index (χ3v) is 3.33. The number of carbonyl (C=O) groups excluding carboxylic acids is 1.